The third-order valence-corrected chi connectivity index (χ3v) is 1.80. The summed E-state index contributed by atoms with van der Waals surface area (Å²) in [7, 11) is 0. The SMILES string of the molecule is CC.Cc1cccc(-c2noc(C)n2)c1. The number of aromatic nitrogens is 2. The number of rotatable bonds is 1. The van der Waals surface area contributed by atoms with Crippen molar-refractivity contribution in [2.75, 3.05) is 0 Å². The zero-order valence-electron chi connectivity index (χ0n) is 9.61. The van der Waals surface area contributed by atoms with Crippen LogP contribution in [-0.2, 0) is 0 Å². The topological polar surface area (TPSA) is 38.9 Å². The smallest absolute Gasteiger partial charge is 0.223 e. The van der Waals surface area contributed by atoms with Crippen LogP contribution in [0.4, 0.5) is 0 Å². The summed E-state index contributed by atoms with van der Waals surface area (Å²) in [5.41, 5.74) is 2.19. The molecule has 2 rings (SSSR count). The predicted octanol–water partition coefficient (Wildman–Crippen LogP) is 3.38. The fraction of sp³-hybridized carbons (Fsp3) is 0.333. The summed E-state index contributed by atoms with van der Waals surface area (Å²) in [6, 6.07) is 8.02. The molecule has 0 aliphatic carbocycles. The normalized spacial score (nSPS) is 9.33. The van der Waals surface area contributed by atoms with Gasteiger partial charge in [0.05, 0.1) is 0 Å². The molecule has 0 N–H and O–H groups in total. The van der Waals surface area contributed by atoms with Crippen molar-refractivity contribution >= 4 is 0 Å². The Morgan fingerprint density at radius 1 is 1.13 bits per heavy atom. The van der Waals surface area contributed by atoms with Gasteiger partial charge in [0, 0.05) is 12.5 Å². The quantitative estimate of drug-likeness (QED) is 0.714. The fourth-order valence-corrected chi connectivity index (χ4v) is 1.20. The Morgan fingerprint density at radius 3 is 2.40 bits per heavy atom. The zero-order valence-corrected chi connectivity index (χ0v) is 9.61. The predicted molar refractivity (Wildman–Crippen MR) is 60.6 cm³/mol. The number of aryl methyl sites for hydroxylation is 2. The lowest BCUT2D eigenvalue weighted by molar-refractivity contribution is 0.394. The summed E-state index contributed by atoms with van der Waals surface area (Å²) < 4.78 is 4.90. The summed E-state index contributed by atoms with van der Waals surface area (Å²) in [4.78, 5) is 4.14. The molecule has 1 aromatic heterocycles. The number of benzene rings is 1. The van der Waals surface area contributed by atoms with Gasteiger partial charge in [-0.1, -0.05) is 42.8 Å². The second-order valence-corrected chi connectivity index (χ2v) is 3.01. The van der Waals surface area contributed by atoms with Gasteiger partial charge in [-0.3, -0.25) is 0 Å². The number of hydrogen-bond donors (Lipinski definition) is 0. The van der Waals surface area contributed by atoms with Gasteiger partial charge in [-0.2, -0.15) is 4.98 Å². The van der Waals surface area contributed by atoms with E-state index in [1.165, 1.54) is 5.56 Å². The summed E-state index contributed by atoms with van der Waals surface area (Å²) >= 11 is 0. The Morgan fingerprint density at radius 2 is 1.87 bits per heavy atom. The molecular weight excluding hydrogens is 188 g/mol. The van der Waals surface area contributed by atoms with Gasteiger partial charge in [-0.25, -0.2) is 0 Å². The molecule has 0 radical (unpaired) electrons. The molecule has 0 saturated carbocycles. The number of nitrogens with zero attached hydrogens (tertiary/aromatic N) is 2. The van der Waals surface area contributed by atoms with E-state index in [4.69, 9.17) is 4.52 Å². The first-order valence-corrected chi connectivity index (χ1v) is 5.13. The fourth-order valence-electron chi connectivity index (χ4n) is 1.20. The molecule has 1 heterocycles. The molecule has 0 spiro atoms. The van der Waals surface area contributed by atoms with Crippen LogP contribution >= 0.6 is 0 Å². The standard InChI is InChI=1S/C10H10N2O.C2H6/c1-7-4-3-5-9(6-7)10-11-8(2)13-12-10;1-2/h3-6H,1-2H3;1-2H3. The van der Waals surface area contributed by atoms with Crippen LogP contribution in [0, 0.1) is 13.8 Å². The molecule has 15 heavy (non-hydrogen) atoms. The van der Waals surface area contributed by atoms with Crippen LogP contribution in [0.15, 0.2) is 28.8 Å². The zero-order chi connectivity index (χ0) is 11.3. The summed E-state index contributed by atoms with van der Waals surface area (Å²) in [5, 5.41) is 3.84. The van der Waals surface area contributed by atoms with Crippen LogP contribution in [0.3, 0.4) is 0 Å². The maximum absolute atomic E-state index is 4.90. The molecule has 0 amide bonds. The van der Waals surface area contributed by atoms with Crippen molar-refractivity contribution in [1.29, 1.82) is 0 Å². The van der Waals surface area contributed by atoms with E-state index in [9.17, 15) is 0 Å². The molecule has 0 saturated heterocycles. The van der Waals surface area contributed by atoms with E-state index in [-0.39, 0.29) is 0 Å². The average Bonchev–Trinajstić information content (AvgIpc) is 2.68. The molecule has 3 nitrogen and oxygen atoms in total. The van der Waals surface area contributed by atoms with E-state index in [0.717, 1.165) is 5.56 Å². The maximum Gasteiger partial charge on any atom is 0.223 e. The molecule has 3 heteroatoms. The monoisotopic (exact) mass is 204 g/mol. The Kier molecular flexibility index (Phi) is 4.03. The third kappa shape index (κ3) is 2.91. The summed E-state index contributed by atoms with van der Waals surface area (Å²) in [6.07, 6.45) is 0. The minimum Gasteiger partial charge on any atom is -0.339 e. The van der Waals surface area contributed by atoms with E-state index >= 15 is 0 Å². The van der Waals surface area contributed by atoms with E-state index in [0.29, 0.717) is 11.7 Å². The van der Waals surface area contributed by atoms with Crippen LogP contribution in [0.25, 0.3) is 11.4 Å². The Balaban J connectivity index is 0.000000531. The third-order valence-electron chi connectivity index (χ3n) is 1.80. The van der Waals surface area contributed by atoms with Gasteiger partial charge in [-0.15, -0.1) is 0 Å². The second-order valence-electron chi connectivity index (χ2n) is 3.01. The first-order chi connectivity index (χ1) is 7.25. The van der Waals surface area contributed by atoms with Gasteiger partial charge in [0.1, 0.15) is 0 Å². The molecule has 0 aliphatic rings. The van der Waals surface area contributed by atoms with Crippen LogP contribution < -0.4 is 0 Å². The highest BCUT2D eigenvalue weighted by atomic mass is 16.5. The highest BCUT2D eigenvalue weighted by molar-refractivity contribution is 5.55. The molecule has 80 valence electrons. The lowest BCUT2D eigenvalue weighted by Gasteiger charge is -1.94. The van der Waals surface area contributed by atoms with Gasteiger partial charge >= 0.3 is 0 Å². The van der Waals surface area contributed by atoms with E-state index in [1.54, 1.807) is 6.92 Å². The van der Waals surface area contributed by atoms with Crippen molar-refractivity contribution in [3.63, 3.8) is 0 Å². The molecule has 0 unspecified atom stereocenters. The molecule has 0 fully saturated rings. The molecule has 1 aromatic carbocycles. The van der Waals surface area contributed by atoms with Gasteiger partial charge in [0.25, 0.3) is 0 Å². The largest absolute Gasteiger partial charge is 0.339 e. The van der Waals surface area contributed by atoms with E-state index in [2.05, 4.69) is 10.1 Å². The van der Waals surface area contributed by atoms with Crippen molar-refractivity contribution < 1.29 is 4.52 Å². The van der Waals surface area contributed by atoms with Crippen molar-refractivity contribution in [3.8, 4) is 11.4 Å². The lowest BCUT2D eigenvalue weighted by Crippen LogP contribution is -1.81. The van der Waals surface area contributed by atoms with Crippen molar-refractivity contribution in [1.82, 2.24) is 10.1 Å². The molecule has 0 aliphatic heterocycles. The van der Waals surface area contributed by atoms with Gasteiger partial charge in [-0.05, 0) is 13.0 Å². The maximum atomic E-state index is 4.90. The van der Waals surface area contributed by atoms with Crippen molar-refractivity contribution in [2.45, 2.75) is 27.7 Å². The van der Waals surface area contributed by atoms with Gasteiger partial charge in [0.15, 0.2) is 0 Å². The summed E-state index contributed by atoms with van der Waals surface area (Å²) in [6.45, 7) is 7.82. The second kappa shape index (κ2) is 5.29. The van der Waals surface area contributed by atoms with Crippen LogP contribution in [-0.4, -0.2) is 10.1 Å². The Hall–Kier alpha value is -1.64. The van der Waals surface area contributed by atoms with E-state index in [1.807, 2.05) is 45.0 Å². The van der Waals surface area contributed by atoms with Crippen LogP contribution in [0.1, 0.15) is 25.3 Å². The number of hydrogen-bond acceptors (Lipinski definition) is 3. The van der Waals surface area contributed by atoms with Gasteiger partial charge < -0.3 is 4.52 Å². The molecule has 0 bridgehead atoms. The van der Waals surface area contributed by atoms with Crippen molar-refractivity contribution in [3.05, 3.63) is 35.7 Å². The van der Waals surface area contributed by atoms with Gasteiger partial charge in [0.2, 0.25) is 11.7 Å². The van der Waals surface area contributed by atoms with Crippen LogP contribution in [0.2, 0.25) is 0 Å². The van der Waals surface area contributed by atoms with E-state index < -0.39 is 0 Å². The minimum absolute atomic E-state index is 0.594. The summed E-state index contributed by atoms with van der Waals surface area (Å²) in [5.74, 6) is 1.25. The lowest BCUT2D eigenvalue weighted by atomic mass is 10.1. The highest BCUT2D eigenvalue weighted by Crippen LogP contribution is 2.16. The minimum atomic E-state index is 0.594. The highest BCUT2D eigenvalue weighted by Gasteiger charge is 2.04. The molecular formula is C12H16N2O. The first kappa shape index (κ1) is 11.4. The molecule has 0 atom stereocenters. The van der Waals surface area contributed by atoms with Crippen LogP contribution in [0.5, 0.6) is 0 Å². The average molecular weight is 204 g/mol. The Labute approximate surface area is 90.1 Å². The van der Waals surface area contributed by atoms with Crippen molar-refractivity contribution in [2.24, 2.45) is 0 Å². The first-order valence-electron chi connectivity index (χ1n) is 5.13. The Bertz CT molecular complexity index is 421. The molecule has 2 aromatic rings.